The number of ether oxygens (including phenoxy) is 5. The molecule has 0 radical (unpaired) electrons. The van der Waals surface area contributed by atoms with Crippen molar-refractivity contribution in [2.75, 3.05) is 25.3 Å². The van der Waals surface area contributed by atoms with E-state index in [0.29, 0.717) is 56.2 Å². The van der Waals surface area contributed by atoms with Gasteiger partial charge in [0.15, 0.2) is 0 Å². The van der Waals surface area contributed by atoms with Crippen molar-refractivity contribution < 1.29 is 73.7 Å². The molecule has 1 aliphatic carbocycles. The predicted molar refractivity (Wildman–Crippen MR) is 478 cm³/mol. The normalized spacial score (nSPS) is 11.2. The number of halogens is 2. The first-order valence-corrected chi connectivity index (χ1v) is 41.6. The molecule has 0 bridgehead atoms. The molecular weight excluding hydrogens is 1670 g/mol. The topological polar surface area (TPSA) is 249 Å². The number of hydroxylamine groups is 5. The fourth-order valence-electron chi connectivity index (χ4n) is 12.4. The highest BCUT2D eigenvalue weighted by Crippen LogP contribution is 2.42. The number of hydrogen-bond acceptors (Lipinski definition) is 15. The highest BCUT2D eigenvalue weighted by Gasteiger charge is 2.27. The monoisotopic (exact) mass is 1780 g/mol. The number of nitrogens with zero attached hydrogens (tertiary/aromatic N) is 5. The van der Waals surface area contributed by atoms with E-state index in [9.17, 15) is 50.0 Å². The lowest BCUT2D eigenvalue weighted by molar-refractivity contribution is -0.124. The second kappa shape index (κ2) is 46.1. The number of carbonyl (C=O) groups is 5. The molecule has 0 spiro atoms. The van der Waals surface area contributed by atoms with Gasteiger partial charge >= 0.3 is 0 Å². The van der Waals surface area contributed by atoms with Gasteiger partial charge in [-0.2, -0.15) is 25.3 Å². The van der Waals surface area contributed by atoms with E-state index in [1.165, 1.54) is 46.2 Å². The maximum atomic E-state index is 12.0. The standard InChI is InChI=1S/C21H25NO3.C20H25NO3.C19H23NO3.C18H20BrNO3.C18H20INO3/c1-4-21(23)22(24)19-12-17(16-6-7-16)8-9-18(19)13-25-20-10-5-14(2)11-15(20)3;1-5-16-8-9-17(18(12-16)21(23)20(22)6-2)13-24-19-10-7-14(3)11-15(19)4;1-5-19(21)20(22)17-11-14(3)6-8-16(17)12-23-18-9-7-13(2)10-15(18)4;2*1-4-18(21)20(22)16-10-15(19)7-6-14(16)11-23-17-8-5-12(2)9-13(17)3/h5,8-12,16,24H,4,6-7,13H2,1-3H3;7-12,23H,5-6,13H2,1-4H3;6-11,22H,5,12H2,1-4H3;2*5-10,22H,4,11H2,1-3H3. The van der Waals surface area contributed by atoms with Crippen molar-refractivity contribution >= 4 is 96.5 Å². The largest absolute Gasteiger partial charge is 0.489 e. The number of hydrogen-bond donors (Lipinski definition) is 5. The van der Waals surface area contributed by atoms with Gasteiger partial charge in [0.2, 0.25) is 29.5 Å². The molecule has 10 aromatic carbocycles. The average molecular weight is 1780 g/mol. The molecule has 0 aromatic heterocycles. The van der Waals surface area contributed by atoms with Crippen LogP contribution in [0.4, 0.5) is 28.4 Å². The summed E-state index contributed by atoms with van der Waals surface area (Å²) in [6, 6.07) is 58.3. The lowest BCUT2D eigenvalue weighted by Gasteiger charge is -2.20. The highest BCUT2D eigenvalue weighted by molar-refractivity contribution is 14.1. The Labute approximate surface area is 717 Å². The molecule has 5 N–H and O–H groups in total. The minimum Gasteiger partial charge on any atom is -0.489 e. The molecule has 0 aliphatic heterocycles. The van der Waals surface area contributed by atoms with E-state index in [1.54, 1.807) is 52.8 Å². The van der Waals surface area contributed by atoms with Crippen LogP contribution in [-0.2, 0) is 63.4 Å². The van der Waals surface area contributed by atoms with Crippen molar-refractivity contribution in [2.24, 2.45) is 0 Å². The molecule has 0 heterocycles. The third-order valence-electron chi connectivity index (χ3n) is 19.5. The average Bonchev–Trinajstić information content (AvgIpc) is 1.56. The quantitative estimate of drug-likeness (QED) is 0.0182. The molecular formula is C96H113BrIN5O15. The van der Waals surface area contributed by atoms with Gasteiger partial charge < -0.3 is 23.7 Å². The van der Waals surface area contributed by atoms with Crippen molar-refractivity contribution in [1.29, 1.82) is 0 Å². The van der Waals surface area contributed by atoms with Crippen LogP contribution in [0.5, 0.6) is 28.7 Å². The van der Waals surface area contributed by atoms with Crippen molar-refractivity contribution in [1.82, 2.24) is 0 Å². The molecule has 0 unspecified atom stereocenters. The van der Waals surface area contributed by atoms with Crippen LogP contribution in [0.25, 0.3) is 0 Å². The first-order valence-electron chi connectivity index (χ1n) is 39.7. The van der Waals surface area contributed by atoms with Gasteiger partial charge in [-0.1, -0.05) is 194 Å². The summed E-state index contributed by atoms with van der Waals surface area (Å²) in [7, 11) is 0. The minimum absolute atomic E-state index is 0.223. The SMILES string of the molecule is CCC(=O)N(O)c1cc(Br)ccc1COc1ccc(C)cc1C.CCC(=O)N(O)c1cc(C)ccc1COc1ccc(C)cc1C.CCC(=O)N(O)c1cc(C2CC2)ccc1COc1ccc(C)cc1C.CCC(=O)N(O)c1cc(CC)ccc1COc1ccc(C)cc1C.CCC(=O)N(O)c1cc(I)ccc1COc1ccc(C)cc1C. The summed E-state index contributed by atoms with van der Waals surface area (Å²) in [6.07, 6.45) is 4.36. The maximum Gasteiger partial charge on any atom is 0.250 e. The fourth-order valence-corrected chi connectivity index (χ4v) is 13.3. The van der Waals surface area contributed by atoms with Crippen LogP contribution in [-0.4, -0.2) is 55.6 Å². The summed E-state index contributed by atoms with van der Waals surface area (Å²) in [6.45, 7) is 34.2. The van der Waals surface area contributed by atoms with E-state index in [2.05, 4.69) is 74.9 Å². The van der Waals surface area contributed by atoms with Gasteiger partial charge in [-0.15, -0.1) is 0 Å². The van der Waals surface area contributed by atoms with E-state index >= 15 is 0 Å². The minimum atomic E-state index is -0.365. The zero-order valence-corrected chi connectivity index (χ0v) is 74.6. The van der Waals surface area contributed by atoms with Crippen molar-refractivity contribution in [3.63, 3.8) is 0 Å². The lowest BCUT2D eigenvalue weighted by Crippen LogP contribution is -2.27. The number of amides is 5. The predicted octanol–water partition coefficient (Wildman–Crippen LogP) is 23.2. The molecule has 0 saturated heterocycles. The van der Waals surface area contributed by atoms with E-state index in [-0.39, 0.29) is 88.1 Å². The summed E-state index contributed by atoms with van der Waals surface area (Å²) in [5, 5.41) is 54.4. The number of rotatable bonds is 27. The molecule has 1 aliphatic rings. The maximum absolute atomic E-state index is 12.0. The number of aryl methyl sites for hydroxylation is 12. The first kappa shape index (κ1) is 94.7. The molecule has 22 heteroatoms. The van der Waals surface area contributed by atoms with E-state index < -0.39 is 0 Å². The van der Waals surface area contributed by atoms with Crippen LogP contribution in [0.1, 0.15) is 193 Å². The summed E-state index contributed by atoms with van der Waals surface area (Å²) >= 11 is 5.51. The molecule has 1 fully saturated rings. The molecule has 20 nitrogen and oxygen atoms in total. The highest BCUT2D eigenvalue weighted by atomic mass is 127. The Kier molecular flexibility index (Phi) is 37.0. The molecule has 11 rings (SSSR count). The van der Waals surface area contributed by atoms with Gasteiger partial charge in [0.25, 0.3) is 0 Å². The first-order chi connectivity index (χ1) is 56.2. The van der Waals surface area contributed by atoms with Crippen molar-refractivity contribution in [3.05, 3.63) is 290 Å². The second-order valence-corrected chi connectivity index (χ2v) is 31.4. The van der Waals surface area contributed by atoms with Gasteiger partial charge in [-0.3, -0.25) is 50.0 Å². The zero-order valence-electron chi connectivity index (χ0n) is 70.9. The van der Waals surface area contributed by atoms with Crippen molar-refractivity contribution in [2.45, 2.75) is 208 Å². The zero-order chi connectivity index (χ0) is 86.6. The lowest BCUT2D eigenvalue weighted by atomic mass is 10.1. The molecule has 0 atom stereocenters. The Balaban J connectivity index is 0.000000204. The Morgan fingerprint density at radius 1 is 0.322 bits per heavy atom. The Morgan fingerprint density at radius 3 is 0.881 bits per heavy atom. The van der Waals surface area contributed by atoms with Gasteiger partial charge in [-0.25, -0.2) is 0 Å². The molecule has 10 aromatic rings. The third-order valence-corrected chi connectivity index (χ3v) is 20.6. The van der Waals surface area contributed by atoms with Gasteiger partial charge in [0.1, 0.15) is 61.8 Å². The smallest absolute Gasteiger partial charge is 0.250 e. The van der Waals surface area contributed by atoms with E-state index in [4.69, 9.17) is 23.7 Å². The van der Waals surface area contributed by atoms with Crippen LogP contribution in [0.3, 0.4) is 0 Å². The summed E-state index contributed by atoms with van der Waals surface area (Å²) in [5.74, 6) is 2.84. The van der Waals surface area contributed by atoms with E-state index in [1.807, 2.05) is 210 Å². The number of carbonyl (C=O) groups excluding carboxylic acids is 5. The molecule has 1 saturated carbocycles. The summed E-state index contributed by atoms with van der Waals surface area (Å²) in [4.78, 5) is 59.1. The second-order valence-electron chi connectivity index (χ2n) is 29.2. The fraction of sp³-hybridized carbons (Fsp3) is 0.323. The number of anilines is 5. The molecule has 118 heavy (non-hydrogen) atoms. The van der Waals surface area contributed by atoms with Crippen LogP contribution < -0.4 is 49.0 Å². The Hall–Kier alpha value is -10.4. The Bertz CT molecular complexity index is 4810. The molecule has 626 valence electrons. The van der Waals surface area contributed by atoms with Gasteiger partial charge in [-0.05, 0) is 241 Å². The van der Waals surface area contributed by atoms with Crippen LogP contribution in [0, 0.1) is 79.7 Å². The van der Waals surface area contributed by atoms with Crippen LogP contribution >= 0.6 is 38.5 Å². The van der Waals surface area contributed by atoms with Crippen LogP contribution in [0.15, 0.2) is 186 Å². The molecule has 5 amide bonds. The van der Waals surface area contributed by atoms with Gasteiger partial charge in [0.05, 0.1) is 28.4 Å². The van der Waals surface area contributed by atoms with Crippen LogP contribution in [0.2, 0.25) is 0 Å². The third kappa shape index (κ3) is 27.9. The van der Waals surface area contributed by atoms with Gasteiger partial charge in [0, 0.05) is 68.0 Å². The summed E-state index contributed by atoms with van der Waals surface area (Å²) in [5.41, 5.74) is 20.6. The van der Waals surface area contributed by atoms with Crippen molar-refractivity contribution in [3.8, 4) is 28.7 Å². The summed E-state index contributed by atoms with van der Waals surface area (Å²) < 4.78 is 31.2. The van der Waals surface area contributed by atoms with E-state index in [0.717, 1.165) is 120 Å². The number of benzene rings is 10. The Morgan fingerprint density at radius 2 is 0.576 bits per heavy atom.